The minimum absolute atomic E-state index is 0.0585. The molecule has 0 saturated heterocycles. The number of methoxy groups -OCH3 is 2. The lowest BCUT2D eigenvalue weighted by atomic mass is 9.99. The van der Waals surface area contributed by atoms with E-state index < -0.39 is 0 Å². The quantitative estimate of drug-likeness (QED) is 0.371. The first-order valence-electron chi connectivity index (χ1n) is 11.4. The number of para-hydroxylation sites is 1. The lowest BCUT2D eigenvalue weighted by molar-refractivity contribution is -0.129. The van der Waals surface area contributed by atoms with Crippen molar-refractivity contribution >= 4 is 39.7 Å². The molecule has 0 fully saturated rings. The van der Waals surface area contributed by atoms with Gasteiger partial charge in [0.2, 0.25) is 11.1 Å². The van der Waals surface area contributed by atoms with Crippen LogP contribution in [0, 0.1) is 0 Å². The van der Waals surface area contributed by atoms with Crippen molar-refractivity contribution in [3.05, 3.63) is 47.5 Å². The molecule has 3 heterocycles. The number of aryl methyl sites for hydroxylation is 1. The van der Waals surface area contributed by atoms with Crippen LogP contribution < -0.4 is 9.47 Å². The SMILES string of the molecule is CCCn1c2ccccc2c2nnc(SCC(=O)N3CCc4cc(OC)c(OC)cc4C3)nc21. The van der Waals surface area contributed by atoms with E-state index in [1.165, 1.54) is 17.3 Å². The van der Waals surface area contributed by atoms with Crippen LogP contribution >= 0.6 is 11.8 Å². The maximum Gasteiger partial charge on any atom is 0.233 e. The van der Waals surface area contributed by atoms with Crippen LogP contribution in [0.3, 0.4) is 0 Å². The first-order chi connectivity index (χ1) is 16.6. The molecule has 8 nitrogen and oxygen atoms in total. The summed E-state index contributed by atoms with van der Waals surface area (Å²) < 4.78 is 13.0. The van der Waals surface area contributed by atoms with Gasteiger partial charge in [0.15, 0.2) is 17.1 Å². The summed E-state index contributed by atoms with van der Waals surface area (Å²) in [6, 6.07) is 12.1. The van der Waals surface area contributed by atoms with Gasteiger partial charge in [-0.2, -0.15) is 0 Å². The molecule has 1 amide bonds. The van der Waals surface area contributed by atoms with Crippen LogP contribution in [0.1, 0.15) is 24.5 Å². The fourth-order valence-electron chi connectivity index (χ4n) is 4.51. The molecule has 0 saturated carbocycles. The van der Waals surface area contributed by atoms with Crippen LogP contribution in [-0.2, 0) is 24.3 Å². The second-order valence-corrected chi connectivity index (χ2v) is 9.21. The largest absolute Gasteiger partial charge is 0.493 e. The Labute approximate surface area is 202 Å². The van der Waals surface area contributed by atoms with Gasteiger partial charge in [-0.3, -0.25) is 4.79 Å². The minimum atomic E-state index is 0.0585. The summed E-state index contributed by atoms with van der Waals surface area (Å²) in [4.78, 5) is 19.7. The molecule has 2 aromatic heterocycles. The van der Waals surface area contributed by atoms with Gasteiger partial charge < -0.3 is 18.9 Å². The topological polar surface area (TPSA) is 82.4 Å². The Morgan fingerprint density at radius 2 is 1.85 bits per heavy atom. The predicted octanol–water partition coefficient (Wildman–Crippen LogP) is 4.08. The molecule has 0 radical (unpaired) electrons. The van der Waals surface area contributed by atoms with Crippen LogP contribution in [0.5, 0.6) is 11.5 Å². The van der Waals surface area contributed by atoms with Gasteiger partial charge in [0.1, 0.15) is 5.52 Å². The van der Waals surface area contributed by atoms with Gasteiger partial charge in [0, 0.05) is 25.0 Å². The first kappa shape index (κ1) is 22.5. The van der Waals surface area contributed by atoms with Gasteiger partial charge in [-0.05, 0) is 42.2 Å². The highest BCUT2D eigenvalue weighted by atomic mass is 32.2. The van der Waals surface area contributed by atoms with E-state index in [9.17, 15) is 4.79 Å². The number of thioether (sulfide) groups is 1. The highest BCUT2D eigenvalue weighted by Gasteiger charge is 2.23. The van der Waals surface area contributed by atoms with E-state index in [-0.39, 0.29) is 11.7 Å². The molecule has 0 aliphatic carbocycles. The maximum atomic E-state index is 13.0. The first-order valence-corrected chi connectivity index (χ1v) is 12.4. The monoisotopic (exact) mass is 477 g/mol. The number of fused-ring (bicyclic) bond motifs is 4. The zero-order chi connectivity index (χ0) is 23.7. The highest BCUT2D eigenvalue weighted by molar-refractivity contribution is 7.99. The van der Waals surface area contributed by atoms with E-state index in [1.54, 1.807) is 14.2 Å². The van der Waals surface area contributed by atoms with Crippen molar-refractivity contribution < 1.29 is 14.3 Å². The Hall–Kier alpha value is -3.33. The van der Waals surface area contributed by atoms with E-state index in [4.69, 9.17) is 14.5 Å². The molecule has 1 aliphatic heterocycles. The number of amides is 1. The van der Waals surface area contributed by atoms with Gasteiger partial charge in [-0.1, -0.05) is 36.9 Å². The number of hydrogen-bond acceptors (Lipinski definition) is 7. The lowest BCUT2D eigenvalue weighted by Gasteiger charge is -2.29. The summed E-state index contributed by atoms with van der Waals surface area (Å²) >= 11 is 1.33. The van der Waals surface area contributed by atoms with Crippen LogP contribution in [0.4, 0.5) is 0 Å². The summed E-state index contributed by atoms with van der Waals surface area (Å²) in [6.07, 6.45) is 1.78. The molecule has 1 aliphatic rings. The third-order valence-corrected chi connectivity index (χ3v) is 7.02. The van der Waals surface area contributed by atoms with Crippen LogP contribution in [0.25, 0.3) is 22.1 Å². The molecule has 4 aromatic rings. The summed E-state index contributed by atoms with van der Waals surface area (Å²) in [5, 5.41) is 10.3. The molecule has 0 unspecified atom stereocenters. The molecular formula is C25H27N5O3S. The van der Waals surface area contributed by atoms with Crippen LogP contribution in [0.15, 0.2) is 41.6 Å². The fraction of sp³-hybridized carbons (Fsp3) is 0.360. The number of hydrogen-bond donors (Lipinski definition) is 0. The number of benzene rings is 2. The lowest BCUT2D eigenvalue weighted by Crippen LogP contribution is -2.37. The second-order valence-electron chi connectivity index (χ2n) is 8.27. The number of carbonyl (C=O) groups is 1. The van der Waals surface area contributed by atoms with Crippen molar-refractivity contribution in [2.24, 2.45) is 0 Å². The van der Waals surface area contributed by atoms with Crippen molar-refractivity contribution in [2.45, 2.75) is 38.0 Å². The van der Waals surface area contributed by atoms with E-state index in [1.807, 2.05) is 29.2 Å². The fourth-order valence-corrected chi connectivity index (χ4v) is 5.20. The number of rotatable bonds is 7. The Morgan fingerprint density at radius 1 is 1.09 bits per heavy atom. The molecule has 5 rings (SSSR count). The summed E-state index contributed by atoms with van der Waals surface area (Å²) in [5.41, 5.74) is 5.01. The molecule has 0 bridgehead atoms. The molecule has 34 heavy (non-hydrogen) atoms. The zero-order valence-electron chi connectivity index (χ0n) is 19.6. The Kier molecular flexibility index (Phi) is 6.28. The molecule has 0 N–H and O–H groups in total. The average Bonchev–Trinajstić information content (AvgIpc) is 3.19. The Morgan fingerprint density at radius 3 is 2.62 bits per heavy atom. The molecule has 176 valence electrons. The van der Waals surface area contributed by atoms with Gasteiger partial charge in [-0.25, -0.2) is 4.98 Å². The molecular weight excluding hydrogens is 450 g/mol. The predicted molar refractivity (Wildman–Crippen MR) is 133 cm³/mol. The Bertz CT molecular complexity index is 1370. The number of ether oxygens (including phenoxy) is 2. The second kappa shape index (κ2) is 9.50. The van der Waals surface area contributed by atoms with Gasteiger partial charge in [0.05, 0.1) is 25.5 Å². The molecule has 0 spiro atoms. The van der Waals surface area contributed by atoms with E-state index in [0.29, 0.717) is 24.0 Å². The third kappa shape index (κ3) is 4.04. The number of nitrogens with zero attached hydrogens (tertiary/aromatic N) is 5. The van der Waals surface area contributed by atoms with Crippen molar-refractivity contribution in [1.29, 1.82) is 0 Å². The third-order valence-electron chi connectivity index (χ3n) is 6.20. The Balaban J connectivity index is 1.32. The number of carbonyl (C=O) groups excluding carboxylic acids is 1. The van der Waals surface area contributed by atoms with E-state index in [2.05, 4.69) is 33.8 Å². The average molecular weight is 478 g/mol. The minimum Gasteiger partial charge on any atom is -0.493 e. The normalized spacial score (nSPS) is 13.3. The molecule has 0 atom stereocenters. The summed E-state index contributed by atoms with van der Waals surface area (Å²) in [5.74, 6) is 1.73. The van der Waals surface area contributed by atoms with Gasteiger partial charge in [-0.15, -0.1) is 10.2 Å². The number of aromatic nitrogens is 4. The summed E-state index contributed by atoms with van der Waals surface area (Å²) in [7, 11) is 3.26. The molecule has 2 aromatic carbocycles. The van der Waals surface area contributed by atoms with Crippen molar-refractivity contribution in [2.75, 3.05) is 26.5 Å². The van der Waals surface area contributed by atoms with E-state index in [0.717, 1.165) is 52.8 Å². The van der Waals surface area contributed by atoms with Gasteiger partial charge in [0.25, 0.3) is 0 Å². The smallest absolute Gasteiger partial charge is 0.233 e. The standard InChI is InChI=1S/C25H27N5O3S/c1-4-10-30-19-8-6-5-7-18(19)23-24(30)26-25(28-27-23)34-15-22(31)29-11-9-16-12-20(32-2)21(33-3)13-17(16)14-29/h5-8,12-13H,4,9-11,14-15H2,1-3H3. The summed E-state index contributed by atoms with van der Waals surface area (Å²) in [6.45, 7) is 4.22. The maximum absolute atomic E-state index is 13.0. The van der Waals surface area contributed by atoms with Crippen molar-refractivity contribution in [1.82, 2.24) is 24.6 Å². The van der Waals surface area contributed by atoms with Crippen LogP contribution in [0.2, 0.25) is 0 Å². The zero-order valence-corrected chi connectivity index (χ0v) is 20.4. The van der Waals surface area contributed by atoms with E-state index >= 15 is 0 Å². The van der Waals surface area contributed by atoms with Crippen LogP contribution in [-0.4, -0.2) is 57.1 Å². The van der Waals surface area contributed by atoms with Gasteiger partial charge >= 0.3 is 0 Å². The highest BCUT2D eigenvalue weighted by Crippen LogP contribution is 2.33. The molecule has 9 heteroatoms. The van der Waals surface area contributed by atoms with Crippen molar-refractivity contribution in [3.8, 4) is 11.5 Å². The van der Waals surface area contributed by atoms with Crippen molar-refractivity contribution in [3.63, 3.8) is 0 Å².